The highest BCUT2D eigenvalue weighted by Crippen LogP contribution is 2.20. The van der Waals surface area contributed by atoms with Gasteiger partial charge in [0.25, 0.3) is 5.91 Å². The average Bonchev–Trinajstić information content (AvgIpc) is 2.64. The van der Waals surface area contributed by atoms with E-state index in [2.05, 4.69) is 17.1 Å². The van der Waals surface area contributed by atoms with E-state index in [1.807, 2.05) is 0 Å². The second kappa shape index (κ2) is 9.14. The molecule has 7 nitrogen and oxygen atoms in total. The number of rotatable bonds is 6. The summed E-state index contributed by atoms with van der Waals surface area (Å²) in [5, 5.41) is 2.88. The van der Waals surface area contributed by atoms with Gasteiger partial charge in [-0.3, -0.25) is 4.79 Å². The molecule has 1 amide bonds. The van der Waals surface area contributed by atoms with Crippen LogP contribution in [0.5, 0.6) is 0 Å². The molecule has 1 aromatic rings. The lowest BCUT2D eigenvalue weighted by Crippen LogP contribution is -3.27. The third kappa shape index (κ3) is 6.00. The van der Waals surface area contributed by atoms with Gasteiger partial charge in [-0.05, 0) is 37.1 Å². The van der Waals surface area contributed by atoms with E-state index in [9.17, 15) is 13.2 Å². The Morgan fingerprint density at radius 3 is 2.30 bits per heavy atom. The number of nitrogens with one attached hydrogen (secondary N) is 4. The SMILES string of the molecule is C[NH+]1CC[NH+](CC(=O)Nc2ccc(S(=O)(=O)NC3CCCCC3)cc2)CC1. The lowest BCUT2D eigenvalue weighted by molar-refractivity contribution is -0.999. The fourth-order valence-corrected chi connectivity index (χ4v) is 5.17. The van der Waals surface area contributed by atoms with Crippen LogP contribution in [0.3, 0.4) is 0 Å². The summed E-state index contributed by atoms with van der Waals surface area (Å²) >= 11 is 0. The molecule has 0 aromatic heterocycles. The lowest BCUT2D eigenvalue weighted by Gasteiger charge is -2.26. The largest absolute Gasteiger partial charge is 0.328 e. The van der Waals surface area contributed by atoms with Gasteiger partial charge >= 0.3 is 0 Å². The molecule has 1 saturated heterocycles. The lowest BCUT2D eigenvalue weighted by atomic mass is 9.96. The molecule has 0 atom stereocenters. The van der Waals surface area contributed by atoms with Crippen LogP contribution in [0, 0.1) is 0 Å². The number of piperazine rings is 1. The van der Waals surface area contributed by atoms with Gasteiger partial charge in [0.1, 0.15) is 26.2 Å². The number of carbonyl (C=O) groups is 1. The smallest absolute Gasteiger partial charge is 0.279 e. The zero-order chi connectivity index (χ0) is 19.3. The summed E-state index contributed by atoms with van der Waals surface area (Å²) in [6, 6.07) is 6.49. The van der Waals surface area contributed by atoms with Gasteiger partial charge in [-0.1, -0.05) is 19.3 Å². The number of anilines is 1. The van der Waals surface area contributed by atoms with Crippen LogP contribution < -0.4 is 19.8 Å². The van der Waals surface area contributed by atoms with Crippen molar-refractivity contribution in [3.63, 3.8) is 0 Å². The molecule has 4 N–H and O–H groups in total. The molecule has 150 valence electrons. The Morgan fingerprint density at radius 2 is 1.67 bits per heavy atom. The van der Waals surface area contributed by atoms with Crippen molar-refractivity contribution in [1.29, 1.82) is 0 Å². The van der Waals surface area contributed by atoms with Gasteiger partial charge in [-0.25, -0.2) is 13.1 Å². The van der Waals surface area contributed by atoms with Crippen molar-refractivity contribution in [3.8, 4) is 0 Å². The number of benzene rings is 1. The molecule has 0 bridgehead atoms. The Labute approximate surface area is 162 Å². The minimum Gasteiger partial charge on any atom is -0.328 e. The first-order chi connectivity index (χ1) is 12.9. The van der Waals surface area contributed by atoms with Gasteiger partial charge in [-0.15, -0.1) is 0 Å². The van der Waals surface area contributed by atoms with Crippen molar-refractivity contribution in [1.82, 2.24) is 4.72 Å². The predicted molar refractivity (Wildman–Crippen MR) is 104 cm³/mol. The summed E-state index contributed by atoms with van der Waals surface area (Å²) in [4.78, 5) is 15.3. The number of quaternary nitrogens is 2. The molecular weight excluding hydrogens is 364 g/mol. The zero-order valence-electron chi connectivity index (χ0n) is 16.1. The van der Waals surface area contributed by atoms with Gasteiger partial charge in [0.15, 0.2) is 6.54 Å². The van der Waals surface area contributed by atoms with Crippen LogP contribution in [0.1, 0.15) is 32.1 Å². The maximum Gasteiger partial charge on any atom is 0.279 e. The number of sulfonamides is 1. The standard InChI is InChI=1S/C19H30N4O3S/c1-22-11-13-23(14-12-22)15-19(24)20-16-7-9-18(10-8-16)27(25,26)21-17-5-3-2-4-6-17/h7-10,17,21H,2-6,11-15H2,1H3,(H,20,24)/p+2. The summed E-state index contributed by atoms with van der Waals surface area (Å²) < 4.78 is 27.8. The number of amides is 1. The van der Waals surface area contributed by atoms with Crippen LogP contribution in [-0.2, 0) is 14.8 Å². The van der Waals surface area contributed by atoms with Crippen molar-refractivity contribution < 1.29 is 23.0 Å². The second-order valence-electron chi connectivity index (χ2n) is 7.91. The molecule has 2 aliphatic rings. The maximum absolute atomic E-state index is 12.5. The van der Waals surface area contributed by atoms with E-state index < -0.39 is 10.0 Å². The van der Waals surface area contributed by atoms with Gasteiger partial charge in [0.05, 0.1) is 11.9 Å². The molecule has 0 spiro atoms. The molecular formula is C19H32N4O3S+2. The Balaban J connectivity index is 1.52. The molecule has 1 saturated carbocycles. The van der Waals surface area contributed by atoms with Gasteiger partial charge in [0, 0.05) is 11.7 Å². The van der Waals surface area contributed by atoms with E-state index in [4.69, 9.17) is 0 Å². The quantitative estimate of drug-likeness (QED) is 0.480. The van der Waals surface area contributed by atoms with Crippen LogP contribution in [0.25, 0.3) is 0 Å². The van der Waals surface area contributed by atoms with Crippen LogP contribution in [-0.4, -0.2) is 60.1 Å². The minimum atomic E-state index is -3.50. The summed E-state index contributed by atoms with van der Waals surface area (Å²) in [7, 11) is -1.33. The first kappa shape index (κ1) is 20.3. The highest BCUT2D eigenvalue weighted by Gasteiger charge is 2.23. The van der Waals surface area contributed by atoms with Crippen LogP contribution in [0.4, 0.5) is 5.69 Å². The summed E-state index contributed by atoms with van der Waals surface area (Å²) in [5.74, 6) is -0.0273. The first-order valence-corrected chi connectivity index (χ1v) is 11.5. The van der Waals surface area contributed by atoms with E-state index in [0.717, 1.165) is 51.9 Å². The highest BCUT2D eigenvalue weighted by molar-refractivity contribution is 7.89. The summed E-state index contributed by atoms with van der Waals surface area (Å²) in [5.41, 5.74) is 0.635. The molecule has 1 aliphatic carbocycles. The molecule has 1 aromatic carbocycles. The molecule has 3 rings (SSSR count). The fourth-order valence-electron chi connectivity index (χ4n) is 3.86. The molecule has 8 heteroatoms. The number of hydrogen-bond donors (Lipinski definition) is 4. The van der Waals surface area contributed by atoms with Crippen LogP contribution in [0.15, 0.2) is 29.2 Å². The fraction of sp³-hybridized carbons (Fsp3) is 0.632. The van der Waals surface area contributed by atoms with Crippen molar-refractivity contribution in [2.24, 2.45) is 0 Å². The third-order valence-electron chi connectivity index (χ3n) is 5.60. The van der Waals surface area contributed by atoms with E-state index in [1.165, 1.54) is 16.2 Å². The van der Waals surface area contributed by atoms with E-state index in [1.54, 1.807) is 24.3 Å². The predicted octanol–water partition coefficient (Wildman–Crippen LogP) is -1.35. The highest BCUT2D eigenvalue weighted by atomic mass is 32.2. The number of hydrogen-bond acceptors (Lipinski definition) is 3. The molecule has 0 radical (unpaired) electrons. The Kier molecular flexibility index (Phi) is 6.86. The normalized spacial score (nSPS) is 24.5. The van der Waals surface area contributed by atoms with Crippen molar-refractivity contribution in [2.75, 3.05) is 45.1 Å². The van der Waals surface area contributed by atoms with E-state index in [-0.39, 0.29) is 16.8 Å². The monoisotopic (exact) mass is 396 g/mol. The first-order valence-electron chi connectivity index (χ1n) is 9.99. The molecule has 2 fully saturated rings. The summed E-state index contributed by atoms with van der Waals surface area (Å²) in [6.45, 7) is 4.63. The Hall–Kier alpha value is -1.48. The van der Waals surface area contributed by atoms with Crippen molar-refractivity contribution in [2.45, 2.75) is 43.0 Å². The summed E-state index contributed by atoms with van der Waals surface area (Å²) in [6.07, 6.45) is 5.15. The van der Waals surface area contributed by atoms with E-state index in [0.29, 0.717) is 12.2 Å². The third-order valence-corrected chi connectivity index (χ3v) is 7.13. The average molecular weight is 397 g/mol. The van der Waals surface area contributed by atoms with Crippen LogP contribution in [0.2, 0.25) is 0 Å². The molecule has 1 aliphatic heterocycles. The Morgan fingerprint density at radius 1 is 1.04 bits per heavy atom. The maximum atomic E-state index is 12.5. The van der Waals surface area contributed by atoms with E-state index >= 15 is 0 Å². The second-order valence-corrected chi connectivity index (χ2v) is 9.63. The Bertz CT molecular complexity index is 722. The van der Waals surface area contributed by atoms with Gasteiger partial charge in [0.2, 0.25) is 10.0 Å². The van der Waals surface area contributed by atoms with Gasteiger partial charge in [-0.2, -0.15) is 0 Å². The van der Waals surface area contributed by atoms with Crippen LogP contribution >= 0.6 is 0 Å². The zero-order valence-corrected chi connectivity index (χ0v) is 16.9. The number of likely N-dealkylation sites (N-methyl/N-ethyl adjacent to an activating group) is 1. The molecule has 1 heterocycles. The molecule has 0 unspecified atom stereocenters. The van der Waals surface area contributed by atoms with Crippen molar-refractivity contribution in [3.05, 3.63) is 24.3 Å². The number of carbonyl (C=O) groups excluding carboxylic acids is 1. The molecule has 27 heavy (non-hydrogen) atoms. The van der Waals surface area contributed by atoms with Crippen molar-refractivity contribution >= 4 is 21.6 Å². The van der Waals surface area contributed by atoms with Gasteiger partial charge < -0.3 is 15.1 Å². The minimum absolute atomic E-state index is 0.0273. The topological polar surface area (TPSA) is 84.2 Å².